The zero-order chi connectivity index (χ0) is 24.2. The summed E-state index contributed by atoms with van der Waals surface area (Å²) in [7, 11) is 3.07. The second-order valence-electron chi connectivity index (χ2n) is 7.97. The molecule has 0 aliphatic carbocycles. The van der Waals surface area contributed by atoms with Crippen LogP contribution in [0.4, 0.5) is 0 Å². The Labute approximate surface area is 197 Å². The lowest BCUT2D eigenvalue weighted by Crippen LogP contribution is -2.21. The van der Waals surface area contributed by atoms with Crippen molar-refractivity contribution < 1.29 is 24.1 Å². The number of ether oxygens (including phenoxy) is 3. The van der Waals surface area contributed by atoms with E-state index in [4.69, 9.17) is 19.9 Å². The second-order valence-corrected chi connectivity index (χ2v) is 7.97. The lowest BCUT2D eigenvalue weighted by atomic mass is 10.0. The van der Waals surface area contributed by atoms with Gasteiger partial charge in [-0.3, -0.25) is 9.78 Å². The molecule has 1 saturated heterocycles. The maximum Gasteiger partial charge on any atom is 0.252 e. The third-order valence-electron chi connectivity index (χ3n) is 5.77. The molecule has 3 N–H and O–H groups in total. The number of β-amino-alcohol motifs (C(OH)–C–C–N with tert-alkyl or cyclic N) is 1. The summed E-state index contributed by atoms with van der Waals surface area (Å²) < 4.78 is 16.7. The minimum atomic E-state index is -0.596. The molecular formula is C26H27N3O5. The molecular weight excluding hydrogens is 434 g/mol. The van der Waals surface area contributed by atoms with Gasteiger partial charge in [0, 0.05) is 42.0 Å². The number of carbonyl (C=O) groups excluding carboxylic acids is 1. The molecule has 1 aliphatic heterocycles. The Morgan fingerprint density at radius 3 is 2.59 bits per heavy atom. The number of aliphatic hydroxyl groups is 1. The highest BCUT2D eigenvalue weighted by molar-refractivity contribution is 6.01. The number of amides is 1. The number of aromatic nitrogens is 1. The quantitative estimate of drug-likeness (QED) is 0.389. The van der Waals surface area contributed by atoms with Gasteiger partial charge >= 0.3 is 0 Å². The lowest BCUT2D eigenvalue weighted by Gasteiger charge is -2.23. The number of benzene rings is 2. The number of hydrogen-bond donors (Lipinski definition) is 2. The van der Waals surface area contributed by atoms with Gasteiger partial charge in [-0.2, -0.15) is 0 Å². The van der Waals surface area contributed by atoms with Crippen molar-refractivity contribution in [1.29, 1.82) is 0 Å². The Kier molecular flexibility index (Phi) is 6.70. The molecule has 2 aromatic carbocycles. The molecule has 1 amide bonds. The molecule has 8 heteroatoms. The van der Waals surface area contributed by atoms with Crippen molar-refractivity contribution in [2.45, 2.75) is 12.5 Å². The SMILES string of the molecule is C=C(/C(=C/OC)c1ccc(Oc2ccnc3cc(OC)c(C(N)=O)cc23)cc1)N1CCC(O)C1. The van der Waals surface area contributed by atoms with Crippen LogP contribution in [-0.2, 0) is 4.74 Å². The molecule has 0 spiro atoms. The first-order valence-electron chi connectivity index (χ1n) is 10.8. The van der Waals surface area contributed by atoms with Gasteiger partial charge in [0.05, 0.1) is 37.7 Å². The molecule has 0 saturated carbocycles. The second kappa shape index (κ2) is 9.84. The summed E-state index contributed by atoms with van der Waals surface area (Å²) in [5.74, 6) is 0.899. The highest BCUT2D eigenvalue weighted by Gasteiger charge is 2.23. The summed E-state index contributed by atoms with van der Waals surface area (Å²) in [4.78, 5) is 18.3. The van der Waals surface area contributed by atoms with E-state index in [1.54, 1.807) is 37.8 Å². The number of methoxy groups -OCH3 is 2. The number of hydrogen-bond acceptors (Lipinski definition) is 7. The van der Waals surface area contributed by atoms with Crippen molar-refractivity contribution in [2.75, 3.05) is 27.3 Å². The molecule has 1 atom stereocenters. The van der Waals surface area contributed by atoms with Crippen LogP contribution in [0.1, 0.15) is 22.3 Å². The average Bonchev–Trinajstić information content (AvgIpc) is 3.28. The van der Waals surface area contributed by atoms with Crippen LogP contribution in [0, 0.1) is 0 Å². The Morgan fingerprint density at radius 1 is 1.21 bits per heavy atom. The zero-order valence-electron chi connectivity index (χ0n) is 19.2. The molecule has 0 bridgehead atoms. The first kappa shape index (κ1) is 23.1. The maximum atomic E-state index is 11.9. The minimum absolute atomic E-state index is 0.253. The smallest absolute Gasteiger partial charge is 0.252 e. The highest BCUT2D eigenvalue weighted by atomic mass is 16.5. The van der Waals surface area contributed by atoms with Crippen LogP contribution in [0.3, 0.4) is 0 Å². The molecule has 0 radical (unpaired) electrons. The van der Waals surface area contributed by atoms with E-state index in [0.717, 1.165) is 29.8 Å². The lowest BCUT2D eigenvalue weighted by molar-refractivity contribution is 0.0997. The first-order chi connectivity index (χ1) is 16.4. The first-order valence-corrected chi connectivity index (χ1v) is 10.8. The summed E-state index contributed by atoms with van der Waals surface area (Å²) in [6, 6.07) is 12.5. The zero-order valence-corrected chi connectivity index (χ0v) is 19.2. The van der Waals surface area contributed by atoms with Gasteiger partial charge in [-0.1, -0.05) is 18.7 Å². The Morgan fingerprint density at radius 2 is 1.97 bits per heavy atom. The summed E-state index contributed by atoms with van der Waals surface area (Å²) >= 11 is 0. The third kappa shape index (κ3) is 4.67. The van der Waals surface area contributed by atoms with Crippen molar-refractivity contribution in [3.8, 4) is 17.2 Å². The molecule has 1 aromatic heterocycles. The maximum absolute atomic E-state index is 11.9. The number of carbonyl (C=O) groups is 1. The van der Waals surface area contributed by atoms with E-state index in [1.165, 1.54) is 7.11 Å². The summed E-state index contributed by atoms with van der Waals surface area (Å²) in [5.41, 5.74) is 8.90. The van der Waals surface area contributed by atoms with Crippen molar-refractivity contribution in [3.63, 3.8) is 0 Å². The van der Waals surface area contributed by atoms with E-state index in [2.05, 4.69) is 11.6 Å². The number of likely N-dealkylation sites (tertiary alicyclic amines) is 1. The summed E-state index contributed by atoms with van der Waals surface area (Å²) in [6.45, 7) is 5.50. The Balaban J connectivity index is 1.61. The normalized spacial score (nSPS) is 15.9. The number of nitrogens with zero attached hydrogens (tertiary/aromatic N) is 2. The number of pyridine rings is 1. The van der Waals surface area contributed by atoms with Crippen molar-refractivity contribution in [1.82, 2.24) is 9.88 Å². The fourth-order valence-electron chi connectivity index (χ4n) is 4.01. The molecule has 4 rings (SSSR count). The van der Waals surface area contributed by atoms with Gasteiger partial charge in [-0.15, -0.1) is 0 Å². The van der Waals surface area contributed by atoms with Gasteiger partial charge in [-0.25, -0.2) is 0 Å². The fourth-order valence-corrected chi connectivity index (χ4v) is 4.01. The van der Waals surface area contributed by atoms with Crippen LogP contribution < -0.4 is 15.2 Å². The molecule has 3 aromatic rings. The molecule has 1 unspecified atom stereocenters. The number of aliphatic hydroxyl groups excluding tert-OH is 1. The number of primary amides is 1. The molecule has 176 valence electrons. The van der Waals surface area contributed by atoms with Crippen LogP contribution in [0.15, 0.2) is 67.2 Å². The van der Waals surface area contributed by atoms with Crippen molar-refractivity contribution in [2.24, 2.45) is 5.73 Å². The van der Waals surface area contributed by atoms with E-state index in [0.29, 0.717) is 34.7 Å². The molecule has 34 heavy (non-hydrogen) atoms. The van der Waals surface area contributed by atoms with Crippen LogP contribution in [0.2, 0.25) is 0 Å². The minimum Gasteiger partial charge on any atom is -0.504 e. The van der Waals surface area contributed by atoms with E-state index in [1.807, 2.05) is 29.2 Å². The van der Waals surface area contributed by atoms with Crippen LogP contribution >= 0.6 is 0 Å². The van der Waals surface area contributed by atoms with Gasteiger partial charge in [0.2, 0.25) is 0 Å². The topological polar surface area (TPSA) is 107 Å². The van der Waals surface area contributed by atoms with Gasteiger partial charge < -0.3 is 30.0 Å². The predicted octanol–water partition coefficient (Wildman–Crippen LogP) is 3.70. The molecule has 1 aliphatic rings. The summed E-state index contributed by atoms with van der Waals surface area (Å²) in [5, 5.41) is 10.5. The number of fused-ring (bicyclic) bond motifs is 1. The largest absolute Gasteiger partial charge is 0.504 e. The van der Waals surface area contributed by atoms with Crippen LogP contribution in [0.25, 0.3) is 16.5 Å². The van der Waals surface area contributed by atoms with Crippen LogP contribution in [-0.4, -0.2) is 54.3 Å². The standard InChI is InChI=1S/C26H27N3O5/c1-16(29-11-9-18(30)14-29)22(15-32-2)17-4-6-19(7-5-17)34-24-8-10-28-23-13-25(33-3)21(26(27)31)12-20(23)24/h4-8,10,12-13,15,18,30H,1,9,11,14H2,2-3H3,(H2,27,31)/b22-15-. The number of allylic oxidation sites excluding steroid dienone is 1. The molecule has 1 fully saturated rings. The van der Waals surface area contributed by atoms with Crippen molar-refractivity contribution in [3.05, 3.63) is 78.3 Å². The molecule has 2 heterocycles. The third-order valence-corrected chi connectivity index (χ3v) is 5.77. The Bertz CT molecular complexity index is 1250. The Hall–Kier alpha value is -4.04. The van der Waals surface area contributed by atoms with E-state index >= 15 is 0 Å². The average molecular weight is 462 g/mol. The van der Waals surface area contributed by atoms with Gasteiger partial charge in [-0.05, 0) is 36.2 Å². The van der Waals surface area contributed by atoms with Gasteiger partial charge in [0.15, 0.2) is 0 Å². The monoisotopic (exact) mass is 461 g/mol. The highest BCUT2D eigenvalue weighted by Crippen LogP contribution is 2.34. The van der Waals surface area contributed by atoms with E-state index < -0.39 is 5.91 Å². The molecule has 8 nitrogen and oxygen atoms in total. The van der Waals surface area contributed by atoms with Crippen LogP contribution in [0.5, 0.6) is 17.2 Å². The fraction of sp³-hybridized carbons (Fsp3) is 0.231. The number of nitrogens with two attached hydrogens (primary N) is 1. The predicted molar refractivity (Wildman–Crippen MR) is 130 cm³/mol. The van der Waals surface area contributed by atoms with E-state index in [9.17, 15) is 9.90 Å². The number of rotatable bonds is 8. The van der Waals surface area contributed by atoms with E-state index in [-0.39, 0.29) is 11.7 Å². The van der Waals surface area contributed by atoms with Gasteiger partial charge in [0.25, 0.3) is 5.91 Å². The summed E-state index contributed by atoms with van der Waals surface area (Å²) in [6.07, 6.45) is 3.65. The van der Waals surface area contributed by atoms with Crippen molar-refractivity contribution >= 4 is 22.4 Å². The van der Waals surface area contributed by atoms with Gasteiger partial charge in [0.1, 0.15) is 17.2 Å².